The van der Waals surface area contributed by atoms with E-state index in [-0.39, 0.29) is 28.2 Å². The van der Waals surface area contributed by atoms with Crippen molar-refractivity contribution >= 4 is 44.9 Å². The van der Waals surface area contributed by atoms with Gasteiger partial charge in [0.25, 0.3) is 0 Å². The van der Waals surface area contributed by atoms with E-state index >= 15 is 0 Å². The van der Waals surface area contributed by atoms with Crippen molar-refractivity contribution in [2.45, 2.75) is 38.1 Å². The van der Waals surface area contributed by atoms with Crippen LogP contribution in [-0.4, -0.2) is 46.7 Å². The van der Waals surface area contributed by atoms with Crippen LogP contribution >= 0.6 is 0 Å². The van der Waals surface area contributed by atoms with Crippen molar-refractivity contribution in [3.8, 4) is 0 Å². The Bertz CT molecular complexity index is 1500. The molecule has 202 valence electrons. The molecule has 1 aliphatic rings. The fraction of sp³-hybridized carbons (Fsp3) is 0.320. The molecule has 0 amide bonds. The monoisotopic (exact) mass is 547 g/mol. The number of rotatable bonds is 7. The first-order chi connectivity index (χ1) is 17.9. The number of imidazole rings is 1. The molecule has 0 aliphatic carbocycles. The minimum Gasteiger partial charge on any atom is -0.369 e. The summed E-state index contributed by atoms with van der Waals surface area (Å²) in [5.74, 6) is 0.301. The molecule has 0 atom stereocenters. The van der Waals surface area contributed by atoms with Crippen LogP contribution in [0.1, 0.15) is 43.4 Å². The Morgan fingerprint density at radius 2 is 1.79 bits per heavy atom. The number of halogens is 3. The molecule has 3 heterocycles. The summed E-state index contributed by atoms with van der Waals surface area (Å²) in [6, 6.07) is 1.97. The molecule has 5 N–H and O–H groups in total. The van der Waals surface area contributed by atoms with Gasteiger partial charge in [-0.05, 0) is 64.1 Å². The summed E-state index contributed by atoms with van der Waals surface area (Å²) in [7, 11) is -3.35. The number of fused-ring (bicyclic) bond motifs is 1. The largest absolute Gasteiger partial charge is 0.416 e. The molecule has 1 fully saturated rings. The van der Waals surface area contributed by atoms with Crippen LogP contribution < -0.4 is 16.4 Å². The topological polar surface area (TPSA) is 139 Å². The number of aromatic nitrogens is 4. The molecule has 0 bridgehead atoms. The first kappa shape index (κ1) is 27.3. The number of nitrogens with two attached hydrogens (primary N) is 1. The molecule has 1 saturated heterocycles. The Labute approximate surface area is 218 Å². The number of piperidine rings is 1. The number of aromatic amines is 1. The van der Waals surface area contributed by atoms with Gasteiger partial charge in [-0.15, -0.1) is 0 Å². The average molecular weight is 548 g/mol. The zero-order chi connectivity index (χ0) is 27.5. The second kappa shape index (κ2) is 11.0. The minimum absolute atomic E-state index is 0.0186. The minimum atomic E-state index is -4.52. The van der Waals surface area contributed by atoms with Crippen LogP contribution in [0.4, 0.5) is 25.1 Å². The van der Waals surface area contributed by atoms with E-state index in [0.717, 1.165) is 12.1 Å². The average Bonchev–Trinajstić information content (AvgIpc) is 3.27. The van der Waals surface area contributed by atoms with Crippen molar-refractivity contribution in [1.29, 1.82) is 0 Å². The van der Waals surface area contributed by atoms with E-state index in [2.05, 4.69) is 30.6 Å². The van der Waals surface area contributed by atoms with Crippen LogP contribution in [0.3, 0.4) is 0 Å². The number of H-pyrrole nitrogens is 1. The zero-order valence-electron chi connectivity index (χ0n) is 20.8. The van der Waals surface area contributed by atoms with Gasteiger partial charge in [0, 0.05) is 34.1 Å². The van der Waals surface area contributed by atoms with E-state index in [9.17, 15) is 21.6 Å². The number of sulfone groups is 1. The summed E-state index contributed by atoms with van der Waals surface area (Å²) in [5.41, 5.74) is 6.74. The Morgan fingerprint density at radius 1 is 1.11 bits per heavy atom. The van der Waals surface area contributed by atoms with Crippen LogP contribution in [0.5, 0.6) is 0 Å². The maximum absolute atomic E-state index is 13.3. The van der Waals surface area contributed by atoms with Gasteiger partial charge < -0.3 is 21.4 Å². The van der Waals surface area contributed by atoms with Gasteiger partial charge in [0.2, 0.25) is 5.95 Å². The Kier molecular flexibility index (Phi) is 7.88. The van der Waals surface area contributed by atoms with Crippen LogP contribution in [0, 0.1) is 0 Å². The van der Waals surface area contributed by atoms with E-state index < -0.39 is 21.6 Å². The number of alkyl halides is 3. The van der Waals surface area contributed by atoms with Gasteiger partial charge >= 0.3 is 6.18 Å². The van der Waals surface area contributed by atoms with Crippen LogP contribution in [0.2, 0.25) is 0 Å². The third kappa shape index (κ3) is 6.40. The summed E-state index contributed by atoms with van der Waals surface area (Å²) < 4.78 is 65.4. The summed E-state index contributed by atoms with van der Waals surface area (Å²) in [4.78, 5) is 15.5. The van der Waals surface area contributed by atoms with Gasteiger partial charge in [-0.2, -0.15) is 13.2 Å². The molecule has 1 aliphatic heterocycles. The predicted molar refractivity (Wildman–Crippen MR) is 142 cm³/mol. The zero-order valence-corrected chi connectivity index (χ0v) is 21.6. The van der Waals surface area contributed by atoms with Crippen LogP contribution in [0.15, 0.2) is 47.3 Å². The van der Waals surface area contributed by atoms with E-state index in [1.54, 1.807) is 32.1 Å². The smallest absolute Gasteiger partial charge is 0.369 e. The van der Waals surface area contributed by atoms with Gasteiger partial charge in [-0.25, -0.2) is 23.4 Å². The fourth-order valence-corrected chi connectivity index (χ4v) is 5.69. The van der Waals surface area contributed by atoms with Crippen molar-refractivity contribution in [3.63, 3.8) is 0 Å². The molecular formula is C25H28F3N7O2S. The predicted octanol–water partition coefficient (Wildman–Crippen LogP) is 4.51. The number of hydrogen-bond donors (Lipinski definition) is 4. The third-order valence-corrected chi connectivity index (χ3v) is 8.52. The lowest BCUT2D eigenvalue weighted by molar-refractivity contribution is -0.137. The number of nitrogens with zero attached hydrogens (tertiary/aromatic N) is 3. The number of benzene rings is 1. The second-order valence-electron chi connectivity index (χ2n) is 9.00. The molecule has 0 radical (unpaired) electrons. The molecule has 0 unspecified atom stereocenters. The Hall–Kier alpha value is -3.71. The first-order valence-corrected chi connectivity index (χ1v) is 13.4. The van der Waals surface area contributed by atoms with Crippen molar-refractivity contribution in [2.75, 3.05) is 24.1 Å². The van der Waals surface area contributed by atoms with Crippen LogP contribution in [-0.2, 0) is 16.0 Å². The SMILES string of the molecule is C/C(=C\C=C(/C)S(=O)(=O)C1CCNCC1)Nc1ncc(/C=C/c2cc(C(F)(F)F)cc3[nH]c(N)nc23)cn1. The molecule has 3 aromatic rings. The van der Waals surface area contributed by atoms with Gasteiger partial charge in [0.05, 0.1) is 21.8 Å². The first-order valence-electron chi connectivity index (χ1n) is 11.9. The van der Waals surface area contributed by atoms with E-state index in [0.29, 0.717) is 47.6 Å². The molecule has 1 aromatic carbocycles. The summed E-state index contributed by atoms with van der Waals surface area (Å²) >= 11 is 0. The van der Waals surface area contributed by atoms with Gasteiger partial charge in [0.15, 0.2) is 15.8 Å². The van der Waals surface area contributed by atoms with Crippen molar-refractivity contribution in [1.82, 2.24) is 25.3 Å². The fourth-order valence-electron chi connectivity index (χ4n) is 4.05. The highest BCUT2D eigenvalue weighted by Crippen LogP contribution is 2.33. The van der Waals surface area contributed by atoms with Gasteiger partial charge in [-0.3, -0.25) is 0 Å². The highest BCUT2D eigenvalue weighted by atomic mass is 32.2. The molecule has 4 rings (SSSR count). The second-order valence-corrected chi connectivity index (χ2v) is 11.4. The number of allylic oxidation sites excluding steroid dienone is 4. The molecule has 38 heavy (non-hydrogen) atoms. The number of nitrogens with one attached hydrogen (secondary N) is 3. The van der Waals surface area contributed by atoms with E-state index in [1.807, 2.05) is 0 Å². The molecule has 0 saturated carbocycles. The highest BCUT2D eigenvalue weighted by Gasteiger charge is 2.31. The third-order valence-electron chi connectivity index (χ3n) is 6.14. The lowest BCUT2D eigenvalue weighted by Crippen LogP contribution is -2.35. The van der Waals surface area contributed by atoms with Crippen molar-refractivity contribution < 1.29 is 21.6 Å². The Morgan fingerprint density at radius 3 is 2.45 bits per heavy atom. The molecule has 2 aromatic heterocycles. The van der Waals surface area contributed by atoms with Crippen molar-refractivity contribution in [2.24, 2.45) is 0 Å². The number of hydrogen-bond acceptors (Lipinski definition) is 8. The normalized spacial score (nSPS) is 16.4. The maximum atomic E-state index is 13.3. The maximum Gasteiger partial charge on any atom is 0.416 e. The lowest BCUT2D eigenvalue weighted by atomic mass is 10.1. The molecule has 9 nitrogen and oxygen atoms in total. The molecule has 0 spiro atoms. The highest BCUT2D eigenvalue weighted by molar-refractivity contribution is 7.95. The van der Waals surface area contributed by atoms with E-state index in [4.69, 9.17) is 5.73 Å². The van der Waals surface area contributed by atoms with Crippen LogP contribution in [0.25, 0.3) is 23.2 Å². The lowest BCUT2D eigenvalue weighted by Gasteiger charge is -2.22. The van der Waals surface area contributed by atoms with Gasteiger partial charge in [-0.1, -0.05) is 12.2 Å². The molecular weight excluding hydrogens is 519 g/mol. The standard InChI is InChI=1S/C25H28F3N7O2S/c1-15(3-4-16(2)38(36,37)20-7-9-30-10-8-20)33-24-31-13-17(14-32-24)5-6-18-11-19(25(26,27)28)12-21-22(18)35-23(29)34-21/h3-6,11-14,20,30H,7-10H2,1-2H3,(H3,29,34,35)(H,31,32,33)/b6-5+,15-3+,16-4+. The number of nitrogen functional groups attached to an aromatic ring is 1. The summed E-state index contributed by atoms with van der Waals surface area (Å²) in [6.07, 6.45) is 5.96. The summed E-state index contributed by atoms with van der Waals surface area (Å²) in [5, 5.41) is 5.79. The van der Waals surface area contributed by atoms with E-state index in [1.165, 1.54) is 18.5 Å². The molecule has 13 heteroatoms. The van der Waals surface area contributed by atoms with Crippen molar-refractivity contribution in [3.05, 3.63) is 64.0 Å². The Balaban J connectivity index is 1.46. The van der Waals surface area contributed by atoms with Gasteiger partial charge in [0.1, 0.15) is 0 Å². The summed E-state index contributed by atoms with van der Waals surface area (Å²) in [6.45, 7) is 4.73. The quantitative estimate of drug-likeness (QED) is 0.317. The number of anilines is 2.